The zero-order valence-corrected chi connectivity index (χ0v) is 19.9. The van der Waals surface area contributed by atoms with Gasteiger partial charge in [-0.25, -0.2) is 0 Å². The van der Waals surface area contributed by atoms with E-state index in [2.05, 4.69) is 14.2 Å². The van der Waals surface area contributed by atoms with Crippen LogP contribution in [-0.4, -0.2) is 47.6 Å². The molecule has 0 heterocycles. The number of alkyl halides is 6. The molecule has 0 aliphatic heterocycles. The average molecular weight is 562 g/mol. The zero-order chi connectivity index (χ0) is 29.4. The predicted octanol–water partition coefficient (Wildman–Crippen LogP) is 5.33. The number of ketones is 2. The van der Waals surface area contributed by atoms with Gasteiger partial charge in [0.1, 0.15) is 0 Å². The number of carbonyl (C=O) groups excluding carboxylic acids is 3. The summed E-state index contributed by atoms with van der Waals surface area (Å²) < 4.78 is 86.8. The summed E-state index contributed by atoms with van der Waals surface area (Å²) in [5, 5.41) is 19.1. The maximum Gasteiger partial charge on any atom is 0.573 e. The second-order valence-electron chi connectivity index (χ2n) is 7.69. The van der Waals surface area contributed by atoms with Crippen molar-refractivity contribution in [2.75, 3.05) is 7.11 Å². The molecule has 0 atom stereocenters. The Hall–Kier alpha value is -4.49. The molecule has 0 radical (unpaired) electrons. The number of phenolic OH excluding ortho intramolecular Hbond substituents is 2. The number of allylic oxidation sites excluding steroid dienone is 2. The van der Waals surface area contributed by atoms with Crippen molar-refractivity contribution in [2.45, 2.75) is 25.6 Å². The molecule has 8 nitrogen and oxygen atoms in total. The molecule has 2 aromatic carbocycles. The van der Waals surface area contributed by atoms with Gasteiger partial charge in [-0.05, 0) is 54.0 Å². The van der Waals surface area contributed by atoms with E-state index in [4.69, 9.17) is 0 Å². The monoisotopic (exact) mass is 562 g/mol. The molecule has 14 heteroatoms. The van der Waals surface area contributed by atoms with Crippen LogP contribution >= 0.6 is 0 Å². The van der Waals surface area contributed by atoms with Crippen LogP contribution in [0.1, 0.15) is 24.0 Å². The largest absolute Gasteiger partial charge is 0.573 e. The summed E-state index contributed by atoms with van der Waals surface area (Å²) in [6, 6.07) is 5.70. The maximum absolute atomic E-state index is 12.8. The number of carbonyl (C=O) groups is 3. The van der Waals surface area contributed by atoms with Gasteiger partial charge in [0.15, 0.2) is 34.6 Å². The van der Waals surface area contributed by atoms with Crippen molar-refractivity contribution < 1.29 is 65.1 Å². The third-order valence-corrected chi connectivity index (χ3v) is 4.85. The molecular weight excluding hydrogens is 542 g/mol. The minimum Gasteiger partial charge on any atom is -0.504 e. The first-order valence-electron chi connectivity index (χ1n) is 10.8. The Bertz CT molecular complexity index is 1180. The van der Waals surface area contributed by atoms with Crippen molar-refractivity contribution in [3.8, 4) is 23.0 Å². The van der Waals surface area contributed by atoms with Gasteiger partial charge in [0.2, 0.25) is 0 Å². The van der Waals surface area contributed by atoms with Crippen molar-refractivity contribution >= 4 is 29.7 Å². The van der Waals surface area contributed by atoms with Crippen LogP contribution in [0, 0.1) is 5.92 Å². The Morgan fingerprint density at radius 1 is 0.795 bits per heavy atom. The van der Waals surface area contributed by atoms with E-state index in [1.807, 2.05) is 0 Å². The van der Waals surface area contributed by atoms with Crippen LogP contribution in [0.15, 0.2) is 48.6 Å². The van der Waals surface area contributed by atoms with Gasteiger partial charge in [0.25, 0.3) is 0 Å². The van der Waals surface area contributed by atoms with Crippen LogP contribution in [0.4, 0.5) is 26.3 Å². The van der Waals surface area contributed by atoms with Crippen LogP contribution in [0.25, 0.3) is 12.2 Å². The number of halogens is 6. The SMILES string of the molecule is COC(=O)CCC(C(=O)/C=C/c1ccc(O)c(OC(F)(F)F)c1)C(=O)/C=C/c1ccc(O)c(OC(F)(F)F)c1. The van der Waals surface area contributed by atoms with Gasteiger partial charge < -0.3 is 24.4 Å². The van der Waals surface area contributed by atoms with Crippen LogP contribution in [-0.2, 0) is 19.1 Å². The molecule has 0 saturated heterocycles. The summed E-state index contributed by atoms with van der Waals surface area (Å²) in [4.78, 5) is 37.1. The first kappa shape index (κ1) is 30.7. The highest BCUT2D eigenvalue weighted by Gasteiger charge is 2.33. The van der Waals surface area contributed by atoms with E-state index in [-0.39, 0.29) is 24.0 Å². The van der Waals surface area contributed by atoms with Gasteiger partial charge in [0, 0.05) is 6.42 Å². The molecule has 2 aromatic rings. The van der Waals surface area contributed by atoms with E-state index in [9.17, 15) is 50.9 Å². The topological polar surface area (TPSA) is 119 Å². The molecule has 0 bridgehead atoms. The Labute approximate surface area is 216 Å². The maximum atomic E-state index is 12.8. The second kappa shape index (κ2) is 12.8. The summed E-state index contributed by atoms with van der Waals surface area (Å²) in [7, 11) is 1.08. The number of benzene rings is 2. The molecule has 0 aliphatic carbocycles. The van der Waals surface area contributed by atoms with Gasteiger partial charge >= 0.3 is 18.7 Å². The third-order valence-electron chi connectivity index (χ3n) is 4.85. The number of methoxy groups -OCH3 is 1. The Morgan fingerprint density at radius 3 is 1.56 bits per heavy atom. The lowest BCUT2D eigenvalue weighted by Crippen LogP contribution is -2.22. The van der Waals surface area contributed by atoms with Crippen LogP contribution in [0.2, 0.25) is 0 Å². The van der Waals surface area contributed by atoms with Crippen LogP contribution < -0.4 is 9.47 Å². The predicted molar refractivity (Wildman–Crippen MR) is 122 cm³/mol. The van der Waals surface area contributed by atoms with E-state index >= 15 is 0 Å². The molecule has 0 aliphatic rings. The molecule has 210 valence electrons. The molecule has 0 fully saturated rings. The summed E-state index contributed by atoms with van der Waals surface area (Å²) in [6.45, 7) is 0. The van der Waals surface area contributed by atoms with Crippen molar-refractivity contribution in [3.63, 3.8) is 0 Å². The minimum atomic E-state index is -5.09. The van der Waals surface area contributed by atoms with Gasteiger partial charge in [-0.15, -0.1) is 26.3 Å². The second-order valence-corrected chi connectivity index (χ2v) is 7.69. The molecule has 0 unspecified atom stereocenters. The lowest BCUT2D eigenvalue weighted by Gasteiger charge is -2.12. The number of ether oxygens (including phenoxy) is 3. The first-order valence-corrected chi connectivity index (χ1v) is 10.8. The number of phenols is 2. The normalized spacial score (nSPS) is 12.2. The zero-order valence-electron chi connectivity index (χ0n) is 19.9. The summed E-state index contributed by atoms with van der Waals surface area (Å²) in [5.41, 5.74) is -0.00667. The fourth-order valence-electron chi connectivity index (χ4n) is 3.06. The van der Waals surface area contributed by atoms with E-state index < -0.39 is 59.2 Å². The lowest BCUT2D eigenvalue weighted by atomic mass is 9.92. The smallest absolute Gasteiger partial charge is 0.504 e. The lowest BCUT2D eigenvalue weighted by molar-refractivity contribution is -0.276. The molecule has 0 saturated carbocycles. The van der Waals surface area contributed by atoms with Crippen molar-refractivity contribution in [3.05, 3.63) is 59.7 Å². The highest BCUT2D eigenvalue weighted by molar-refractivity contribution is 6.13. The van der Waals surface area contributed by atoms with Gasteiger partial charge in [-0.3, -0.25) is 14.4 Å². The summed E-state index contributed by atoms with van der Waals surface area (Å²) in [6.07, 6.45) is -7.03. The third kappa shape index (κ3) is 10.4. The van der Waals surface area contributed by atoms with E-state index in [0.29, 0.717) is 0 Å². The number of aromatic hydroxyl groups is 2. The quantitative estimate of drug-likeness (QED) is 0.163. The van der Waals surface area contributed by atoms with Gasteiger partial charge in [-0.1, -0.05) is 24.3 Å². The highest BCUT2D eigenvalue weighted by atomic mass is 19.4. The van der Waals surface area contributed by atoms with Crippen LogP contribution in [0.5, 0.6) is 23.0 Å². The molecular formula is C25H20F6O8. The summed E-state index contributed by atoms with van der Waals surface area (Å²) >= 11 is 0. The Kier molecular flexibility index (Phi) is 10.1. The molecule has 2 rings (SSSR count). The average Bonchev–Trinajstić information content (AvgIpc) is 2.83. The molecule has 0 spiro atoms. The number of rotatable bonds is 11. The van der Waals surface area contributed by atoms with Crippen molar-refractivity contribution in [1.82, 2.24) is 0 Å². The van der Waals surface area contributed by atoms with Gasteiger partial charge in [0.05, 0.1) is 13.0 Å². The van der Waals surface area contributed by atoms with Crippen LogP contribution in [0.3, 0.4) is 0 Å². The van der Waals surface area contributed by atoms with E-state index in [1.165, 1.54) is 12.1 Å². The first-order chi connectivity index (χ1) is 18.1. The number of hydrogen-bond donors (Lipinski definition) is 2. The summed E-state index contributed by atoms with van der Waals surface area (Å²) in [5.74, 6) is -7.41. The number of hydrogen-bond acceptors (Lipinski definition) is 8. The fourth-order valence-corrected chi connectivity index (χ4v) is 3.06. The molecule has 0 amide bonds. The molecule has 2 N–H and O–H groups in total. The van der Waals surface area contributed by atoms with E-state index in [0.717, 1.165) is 55.7 Å². The highest BCUT2D eigenvalue weighted by Crippen LogP contribution is 2.33. The standard InChI is InChI=1S/C25H20F6O8/c1-37-23(36)11-6-16(17(32)7-2-14-4-9-19(34)21(12-14)38-24(26,27)28)18(33)8-3-15-5-10-20(35)22(13-15)39-25(29,30)31/h2-5,7-10,12-13,16,34-35H,6,11H2,1H3/b7-2+,8-3+. The van der Waals surface area contributed by atoms with Crippen molar-refractivity contribution in [2.24, 2.45) is 5.92 Å². The fraction of sp³-hybridized carbons (Fsp3) is 0.240. The molecule has 0 aromatic heterocycles. The Balaban J connectivity index is 2.27. The van der Waals surface area contributed by atoms with Gasteiger partial charge in [-0.2, -0.15) is 0 Å². The Morgan fingerprint density at radius 2 is 1.21 bits per heavy atom. The van der Waals surface area contributed by atoms with E-state index in [1.54, 1.807) is 0 Å². The minimum absolute atomic E-state index is 0.00334. The number of esters is 1. The molecule has 39 heavy (non-hydrogen) atoms. The van der Waals surface area contributed by atoms with Crippen molar-refractivity contribution in [1.29, 1.82) is 0 Å².